The summed E-state index contributed by atoms with van der Waals surface area (Å²) in [5.41, 5.74) is 1.16. The van der Waals surface area contributed by atoms with Crippen molar-refractivity contribution in [1.29, 1.82) is 5.26 Å². The van der Waals surface area contributed by atoms with Gasteiger partial charge in [-0.05, 0) is 24.5 Å². The van der Waals surface area contributed by atoms with E-state index in [1.807, 2.05) is 24.3 Å². The van der Waals surface area contributed by atoms with Crippen LogP contribution in [0.1, 0.15) is 24.8 Å². The van der Waals surface area contributed by atoms with Gasteiger partial charge in [-0.1, -0.05) is 34.1 Å². The molecule has 0 aliphatic rings. The van der Waals surface area contributed by atoms with E-state index in [1.54, 1.807) is 0 Å². The minimum absolute atomic E-state index is 0.623. The second kappa shape index (κ2) is 7.44. The lowest BCUT2D eigenvalue weighted by Gasteiger charge is -2.05. The first kappa shape index (κ1) is 12.2. The Hall–Kier alpha value is -0.850. The summed E-state index contributed by atoms with van der Waals surface area (Å²) in [4.78, 5) is 0. The Labute approximate surface area is 99.0 Å². The van der Waals surface area contributed by atoms with E-state index in [0.29, 0.717) is 13.0 Å². The third kappa shape index (κ3) is 4.96. The highest BCUT2D eigenvalue weighted by molar-refractivity contribution is 9.10. The van der Waals surface area contributed by atoms with Crippen molar-refractivity contribution in [1.82, 2.24) is 0 Å². The molecule has 0 unspecified atom stereocenters. The zero-order valence-electron chi connectivity index (χ0n) is 8.58. The lowest BCUT2D eigenvalue weighted by Crippen LogP contribution is -1.96. The van der Waals surface area contributed by atoms with E-state index < -0.39 is 0 Å². The summed E-state index contributed by atoms with van der Waals surface area (Å²) in [5, 5.41) is 8.34. The Morgan fingerprint density at radius 2 is 2.07 bits per heavy atom. The molecule has 0 fully saturated rings. The molecule has 0 saturated heterocycles. The number of nitrogens with zero attached hydrogens (tertiary/aromatic N) is 1. The van der Waals surface area contributed by atoms with Gasteiger partial charge in [-0.3, -0.25) is 0 Å². The number of hydrogen-bond donors (Lipinski definition) is 0. The first-order chi connectivity index (χ1) is 7.34. The highest BCUT2D eigenvalue weighted by Crippen LogP contribution is 2.16. The predicted molar refractivity (Wildman–Crippen MR) is 63.3 cm³/mol. The third-order valence-corrected chi connectivity index (χ3v) is 2.82. The van der Waals surface area contributed by atoms with Gasteiger partial charge in [0, 0.05) is 17.5 Å². The molecule has 2 nitrogen and oxygen atoms in total. The van der Waals surface area contributed by atoms with Gasteiger partial charge in [0.2, 0.25) is 0 Å². The molecular formula is C12H14BrNO. The van der Waals surface area contributed by atoms with Crippen molar-refractivity contribution in [3.8, 4) is 6.07 Å². The molecule has 1 rings (SSSR count). The molecule has 15 heavy (non-hydrogen) atoms. The van der Waals surface area contributed by atoms with Crippen LogP contribution < -0.4 is 0 Å². The van der Waals surface area contributed by atoms with Crippen molar-refractivity contribution in [2.24, 2.45) is 0 Å². The first-order valence-corrected chi connectivity index (χ1v) is 5.82. The number of unbranched alkanes of at least 4 members (excludes halogenated alkanes) is 2. The standard InChI is InChI=1S/C12H14BrNO/c13-12-7-3-2-6-11(12)10-15-9-5-1-4-8-14/h2-3,6-7H,1,4-5,9-10H2. The maximum atomic E-state index is 8.34. The fraction of sp³-hybridized carbons (Fsp3) is 0.417. The zero-order chi connectivity index (χ0) is 10.9. The molecule has 0 aliphatic carbocycles. The molecule has 0 amide bonds. The van der Waals surface area contributed by atoms with Crippen LogP contribution in [-0.4, -0.2) is 6.61 Å². The van der Waals surface area contributed by atoms with Crippen LogP contribution in [0.2, 0.25) is 0 Å². The van der Waals surface area contributed by atoms with Gasteiger partial charge < -0.3 is 4.74 Å². The van der Waals surface area contributed by atoms with E-state index in [1.165, 1.54) is 0 Å². The predicted octanol–water partition coefficient (Wildman–Crippen LogP) is 3.66. The van der Waals surface area contributed by atoms with Gasteiger partial charge in [0.05, 0.1) is 12.7 Å². The molecule has 1 aromatic carbocycles. The SMILES string of the molecule is N#CCCCCOCc1ccccc1Br. The average Bonchev–Trinajstić information content (AvgIpc) is 2.25. The van der Waals surface area contributed by atoms with E-state index in [4.69, 9.17) is 10.00 Å². The van der Waals surface area contributed by atoms with Crippen LogP contribution in [0, 0.1) is 11.3 Å². The number of halogens is 1. The van der Waals surface area contributed by atoms with Gasteiger partial charge in [0.15, 0.2) is 0 Å². The fourth-order valence-corrected chi connectivity index (χ4v) is 1.60. The van der Waals surface area contributed by atoms with Gasteiger partial charge in [0.25, 0.3) is 0 Å². The van der Waals surface area contributed by atoms with Crippen molar-refractivity contribution < 1.29 is 4.74 Å². The Morgan fingerprint density at radius 1 is 1.27 bits per heavy atom. The number of ether oxygens (including phenoxy) is 1. The molecule has 0 N–H and O–H groups in total. The van der Waals surface area contributed by atoms with Crippen molar-refractivity contribution in [3.63, 3.8) is 0 Å². The Kier molecular flexibility index (Phi) is 6.06. The van der Waals surface area contributed by atoms with Crippen LogP contribution >= 0.6 is 15.9 Å². The summed E-state index contributed by atoms with van der Waals surface area (Å²) in [6.07, 6.45) is 2.50. The van der Waals surface area contributed by atoms with E-state index in [-0.39, 0.29) is 0 Å². The lowest BCUT2D eigenvalue weighted by atomic mass is 10.2. The molecule has 80 valence electrons. The van der Waals surface area contributed by atoms with Crippen molar-refractivity contribution in [3.05, 3.63) is 34.3 Å². The van der Waals surface area contributed by atoms with Crippen LogP contribution in [-0.2, 0) is 11.3 Å². The van der Waals surface area contributed by atoms with Gasteiger partial charge in [-0.15, -0.1) is 0 Å². The Morgan fingerprint density at radius 3 is 2.80 bits per heavy atom. The van der Waals surface area contributed by atoms with Gasteiger partial charge in [-0.25, -0.2) is 0 Å². The number of nitriles is 1. The Balaban J connectivity index is 2.16. The van der Waals surface area contributed by atoms with Gasteiger partial charge in [0.1, 0.15) is 0 Å². The van der Waals surface area contributed by atoms with Crippen molar-refractivity contribution >= 4 is 15.9 Å². The zero-order valence-corrected chi connectivity index (χ0v) is 10.2. The summed E-state index contributed by atoms with van der Waals surface area (Å²) >= 11 is 3.47. The first-order valence-electron chi connectivity index (χ1n) is 5.02. The molecule has 0 aromatic heterocycles. The number of rotatable bonds is 6. The van der Waals surface area contributed by atoms with Crippen LogP contribution in [0.5, 0.6) is 0 Å². The second-order valence-electron chi connectivity index (χ2n) is 3.26. The minimum Gasteiger partial charge on any atom is -0.377 e. The quantitative estimate of drug-likeness (QED) is 0.737. The molecule has 1 aromatic rings. The summed E-state index contributed by atoms with van der Waals surface area (Å²) < 4.78 is 6.59. The smallest absolute Gasteiger partial charge is 0.0727 e. The lowest BCUT2D eigenvalue weighted by molar-refractivity contribution is 0.117. The van der Waals surface area contributed by atoms with E-state index in [9.17, 15) is 0 Å². The number of hydrogen-bond acceptors (Lipinski definition) is 2. The summed E-state index contributed by atoms with van der Waals surface area (Å²) in [6, 6.07) is 10.2. The largest absolute Gasteiger partial charge is 0.377 e. The highest BCUT2D eigenvalue weighted by Gasteiger charge is 1.97. The van der Waals surface area contributed by atoms with Crippen molar-refractivity contribution in [2.75, 3.05) is 6.61 Å². The summed E-state index contributed by atoms with van der Waals surface area (Å²) in [7, 11) is 0. The van der Waals surface area contributed by atoms with E-state index in [2.05, 4.69) is 22.0 Å². The van der Waals surface area contributed by atoms with Gasteiger partial charge >= 0.3 is 0 Å². The normalized spacial score (nSPS) is 9.87. The van der Waals surface area contributed by atoms with E-state index in [0.717, 1.165) is 29.5 Å². The summed E-state index contributed by atoms with van der Waals surface area (Å²) in [6.45, 7) is 1.36. The van der Waals surface area contributed by atoms with Crippen LogP contribution in [0.4, 0.5) is 0 Å². The monoisotopic (exact) mass is 267 g/mol. The molecular weight excluding hydrogens is 254 g/mol. The second-order valence-corrected chi connectivity index (χ2v) is 4.11. The molecule has 0 aliphatic heterocycles. The fourth-order valence-electron chi connectivity index (χ4n) is 1.21. The van der Waals surface area contributed by atoms with E-state index >= 15 is 0 Å². The van der Waals surface area contributed by atoms with Crippen LogP contribution in [0.25, 0.3) is 0 Å². The maximum absolute atomic E-state index is 8.34. The third-order valence-electron chi connectivity index (χ3n) is 2.04. The molecule has 0 spiro atoms. The molecule has 0 heterocycles. The van der Waals surface area contributed by atoms with Crippen LogP contribution in [0.15, 0.2) is 28.7 Å². The average molecular weight is 268 g/mol. The molecule has 0 bridgehead atoms. The molecule has 3 heteroatoms. The van der Waals surface area contributed by atoms with Gasteiger partial charge in [-0.2, -0.15) is 5.26 Å². The number of benzene rings is 1. The molecule has 0 atom stereocenters. The minimum atomic E-state index is 0.623. The molecule has 0 radical (unpaired) electrons. The topological polar surface area (TPSA) is 33.0 Å². The highest BCUT2D eigenvalue weighted by atomic mass is 79.9. The van der Waals surface area contributed by atoms with Crippen molar-refractivity contribution in [2.45, 2.75) is 25.9 Å². The maximum Gasteiger partial charge on any atom is 0.0727 e. The molecule has 0 saturated carbocycles. The summed E-state index contributed by atoms with van der Waals surface area (Å²) in [5.74, 6) is 0. The van der Waals surface area contributed by atoms with Crippen LogP contribution in [0.3, 0.4) is 0 Å². The Bertz CT molecular complexity index is 333.